The minimum absolute atomic E-state index is 0.0257. The quantitative estimate of drug-likeness (QED) is 0.623. The van der Waals surface area contributed by atoms with Crippen molar-refractivity contribution >= 4 is 33.4 Å². The van der Waals surface area contributed by atoms with E-state index in [-0.39, 0.29) is 30.3 Å². The Morgan fingerprint density at radius 1 is 1.04 bits per heavy atom. The maximum Gasteiger partial charge on any atom is 0.235 e. The van der Waals surface area contributed by atoms with Gasteiger partial charge in [-0.25, -0.2) is 0 Å². The fourth-order valence-corrected chi connectivity index (χ4v) is 5.62. The molecule has 0 unspecified atom stereocenters. The number of anilines is 1. The second-order valence-electron chi connectivity index (χ2n) is 8.02. The lowest BCUT2D eigenvalue weighted by Crippen LogP contribution is -2.40. The van der Waals surface area contributed by atoms with Gasteiger partial charge in [-0.3, -0.25) is 14.5 Å². The van der Waals surface area contributed by atoms with E-state index < -0.39 is 0 Å². The molecular formula is C20H21BrN2O2. The molecule has 2 amide bonds. The lowest BCUT2D eigenvalue weighted by molar-refractivity contribution is -0.139. The number of benzene rings is 1. The van der Waals surface area contributed by atoms with Crippen molar-refractivity contribution < 1.29 is 9.59 Å². The largest absolute Gasteiger partial charge is 0.367 e. The molecule has 5 aliphatic rings. The summed E-state index contributed by atoms with van der Waals surface area (Å²) in [6.07, 6.45) is 5.62. The number of amides is 2. The van der Waals surface area contributed by atoms with E-state index in [1.807, 2.05) is 26.0 Å². The van der Waals surface area contributed by atoms with E-state index in [1.165, 1.54) is 11.3 Å². The van der Waals surface area contributed by atoms with Crippen LogP contribution in [0.2, 0.25) is 0 Å². The predicted octanol–water partition coefficient (Wildman–Crippen LogP) is 3.49. The van der Waals surface area contributed by atoms with Gasteiger partial charge in [0.25, 0.3) is 0 Å². The highest BCUT2D eigenvalue weighted by Gasteiger charge is 2.66. The lowest BCUT2D eigenvalue weighted by Gasteiger charge is -2.37. The number of halogens is 1. The number of aryl methyl sites for hydroxylation is 2. The first-order chi connectivity index (χ1) is 12.0. The van der Waals surface area contributed by atoms with Crippen molar-refractivity contribution in [3.05, 3.63) is 39.9 Å². The molecule has 4 nitrogen and oxygen atoms in total. The van der Waals surface area contributed by atoms with Crippen molar-refractivity contribution in [1.82, 2.24) is 4.90 Å². The number of allylic oxidation sites excluding steroid dienone is 2. The van der Waals surface area contributed by atoms with Gasteiger partial charge in [-0.2, -0.15) is 0 Å². The van der Waals surface area contributed by atoms with E-state index in [1.54, 1.807) is 0 Å². The molecule has 3 fully saturated rings. The second-order valence-corrected chi connectivity index (χ2v) is 8.81. The van der Waals surface area contributed by atoms with Crippen LogP contribution in [0, 0.1) is 49.4 Å². The summed E-state index contributed by atoms with van der Waals surface area (Å²) < 4.78 is 1.10. The van der Waals surface area contributed by atoms with Crippen molar-refractivity contribution in [1.29, 1.82) is 0 Å². The van der Waals surface area contributed by atoms with Crippen LogP contribution in [0.1, 0.15) is 17.5 Å². The third-order valence-electron chi connectivity index (χ3n) is 6.63. The molecule has 1 saturated heterocycles. The first-order valence-electron chi connectivity index (χ1n) is 9.01. The maximum atomic E-state index is 12.9. The van der Waals surface area contributed by atoms with Crippen molar-refractivity contribution in [3.63, 3.8) is 0 Å². The molecule has 130 valence electrons. The molecular weight excluding hydrogens is 380 g/mol. The average Bonchev–Trinajstić information content (AvgIpc) is 3.37. The molecule has 2 saturated carbocycles. The zero-order valence-electron chi connectivity index (χ0n) is 14.3. The van der Waals surface area contributed by atoms with Crippen LogP contribution in [0.25, 0.3) is 0 Å². The summed E-state index contributed by atoms with van der Waals surface area (Å²) in [6.45, 7) is 4.34. The minimum Gasteiger partial charge on any atom is -0.367 e. The molecule has 1 aromatic carbocycles. The Labute approximate surface area is 155 Å². The van der Waals surface area contributed by atoms with Crippen molar-refractivity contribution in [3.8, 4) is 0 Å². The van der Waals surface area contributed by atoms with Gasteiger partial charge in [0.2, 0.25) is 11.8 Å². The lowest BCUT2D eigenvalue weighted by atomic mass is 9.63. The summed E-state index contributed by atoms with van der Waals surface area (Å²) in [7, 11) is 0. The molecule has 6 atom stereocenters. The Hall–Kier alpha value is -1.62. The monoisotopic (exact) mass is 400 g/mol. The summed E-state index contributed by atoms with van der Waals surface area (Å²) >= 11 is 3.57. The molecule has 0 radical (unpaired) electrons. The third kappa shape index (κ3) is 2.11. The second kappa shape index (κ2) is 5.19. The highest BCUT2D eigenvalue weighted by atomic mass is 79.9. The Bertz CT molecular complexity index is 774. The Morgan fingerprint density at radius 2 is 1.56 bits per heavy atom. The SMILES string of the molecule is Cc1cc(NCN2C(=O)[C@H]3[C@@H]4C=C[C@H]([C@H]5C[C@H]45)[C@@H]3C2=O)cc(C)c1Br. The average molecular weight is 401 g/mol. The standard InChI is InChI=1S/C20H21BrN2O2/c1-9-5-11(6-10(2)18(9)21)22-8-23-19(24)16-12-3-4-13(15-7-14(12)15)17(16)20(23)25/h3-6,12-17,22H,7-8H2,1-2H3/t12-,13-,14-,15-,16+,17+/m1/s1. The number of nitrogens with one attached hydrogen (secondary N) is 1. The van der Waals surface area contributed by atoms with Crippen molar-refractivity contribution in [2.45, 2.75) is 20.3 Å². The van der Waals surface area contributed by atoms with Crippen LogP contribution >= 0.6 is 15.9 Å². The summed E-state index contributed by atoms with van der Waals surface area (Å²) in [5.41, 5.74) is 3.22. The highest BCUT2D eigenvalue weighted by molar-refractivity contribution is 9.10. The smallest absolute Gasteiger partial charge is 0.235 e. The van der Waals surface area contributed by atoms with Crippen LogP contribution in [-0.4, -0.2) is 23.4 Å². The van der Waals surface area contributed by atoms with E-state index in [0.29, 0.717) is 23.7 Å². The van der Waals surface area contributed by atoms with Gasteiger partial charge in [0.15, 0.2) is 0 Å². The first kappa shape index (κ1) is 15.6. The Morgan fingerprint density at radius 3 is 2.08 bits per heavy atom. The number of nitrogens with zero attached hydrogens (tertiary/aromatic N) is 1. The number of hydrogen-bond donors (Lipinski definition) is 1. The number of rotatable bonds is 3. The molecule has 1 heterocycles. The molecule has 5 heteroatoms. The van der Waals surface area contributed by atoms with Gasteiger partial charge in [-0.1, -0.05) is 28.1 Å². The van der Waals surface area contributed by atoms with Gasteiger partial charge in [0, 0.05) is 10.2 Å². The highest BCUT2D eigenvalue weighted by Crippen LogP contribution is 2.65. The van der Waals surface area contributed by atoms with Gasteiger partial charge >= 0.3 is 0 Å². The molecule has 6 rings (SSSR count). The number of likely N-dealkylation sites (tertiary alicyclic amines) is 1. The van der Waals surface area contributed by atoms with Gasteiger partial charge in [-0.05, 0) is 67.2 Å². The Kier molecular flexibility index (Phi) is 3.25. The molecule has 0 spiro atoms. The topological polar surface area (TPSA) is 49.4 Å². The van der Waals surface area contributed by atoms with E-state index >= 15 is 0 Å². The molecule has 2 bridgehead atoms. The molecule has 1 aromatic rings. The predicted molar refractivity (Wildman–Crippen MR) is 98.7 cm³/mol. The molecule has 0 aromatic heterocycles. The number of carbonyl (C=O) groups excluding carboxylic acids is 2. The fraction of sp³-hybridized carbons (Fsp3) is 0.500. The molecule has 4 aliphatic carbocycles. The number of imide groups is 1. The molecule has 1 N–H and O–H groups in total. The van der Waals surface area contributed by atoms with Crippen LogP contribution < -0.4 is 5.32 Å². The van der Waals surface area contributed by atoms with Crippen molar-refractivity contribution in [2.75, 3.05) is 12.0 Å². The van der Waals surface area contributed by atoms with E-state index in [2.05, 4.69) is 33.4 Å². The third-order valence-corrected chi connectivity index (χ3v) is 7.88. The summed E-state index contributed by atoms with van der Waals surface area (Å²) in [4.78, 5) is 27.3. The zero-order chi connectivity index (χ0) is 17.5. The normalized spacial score (nSPS) is 37.3. The van der Waals surface area contributed by atoms with Crippen LogP contribution in [0.3, 0.4) is 0 Å². The summed E-state index contributed by atoms with van der Waals surface area (Å²) in [5.74, 6) is 1.71. The maximum absolute atomic E-state index is 12.9. The van der Waals surface area contributed by atoms with Gasteiger partial charge in [0.1, 0.15) is 0 Å². The van der Waals surface area contributed by atoms with E-state index in [4.69, 9.17) is 0 Å². The fourth-order valence-electron chi connectivity index (χ4n) is 5.39. The summed E-state index contributed by atoms with van der Waals surface area (Å²) in [5, 5.41) is 3.28. The van der Waals surface area contributed by atoms with Crippen LogP contribution in [0.5, 0.6) is 0 Å². The number of hydrogen-bond acceptors (Lipinski definition) is 3. The van der Waals surface area contributed by atoms with Crippen LogP contribution in [0.15, 0.2) is 28.8 Å². The van der Waals surface area contributed by atoms with Crippen LogP contribution in [0.4, 0.5) is 5.69 Å². The van der Waals surface area contributed by atoms with Gasteiger partial charge in [-0.15, -0.1) is 0 Å². The first-order valence-corrected chi connectivity index (χ1v) is 9.81. The minimum atomic E-state index is -0.110. The Balaban J connectivity index is 1.36. The van der Waals surface area contributed by atoms with Crippen molar-refractivity contribution in [2.24, 2.45) is 35.5 Å². The molecule has 25 heavy (non-hydrogen) atoms. The summed E-state index contributed by atoms with van der Waals surface area (Å²) in [6, 6.07) is 4.07. The van der Waals surface area contributed by atoms with Gasteiger partial charge in [0.05, 0.1) is 18.5 Å². The van der Waals surface area contributed by atoms with E-state index in [9.17, 15) is 9.59 Å². The zero-order valence-corrected chi connectivity index (χ0v) is 15.9. The molecule has 1 aliphatic heterocycles. The van der Waals surface area contributed by atoms with E-state index in [0.717, 1.165) is 21.3 Å². The number of carbonyl (C=O) groups is 2. The van der Waals surface area contributed by atoms with Crippen LogP contribution in [-0.2, 0) is 9.59 Å². The van der Waals surface area contributed by atoms with Gasteiger partial charge < -0.3 is 5.32 Å².